The normalized spacial score (nSPS) is 8.56. The molecule has 0 bridgehead atoms. The van der Waals surface area contributed by atoms with Crippen LogP contribution in [-0.2, 0) is 4.79 Å². The highest BCUT2D eigenvalue weighted by Gasteiger charge is 1.89. The molecule has 0 aromatic carbocycles. The SMILES string of the molecule is C=CC(=O)NCCCS. The van der Waals surface area contributed by atoms with Crippen LogP contribution in [0.5, 0.6) is 0 Å². The fourth-order valence-corrected chi connectivity index (χ4v) is 0.521. The molecular weight excluding hydrogens is 134 g/mol. The average molecular weight is 145 g/mol. The van der Waals surface area contributed by atoms with Crippen molar-refractivity contribution in [2.45, 2.75) is 6.42 Å². The molecule has 1 N–H and O–H groups in total. The fourth-order valence-electron chi connectivity index (χ4n) is 0.363. The van der Waals surface area contributed by atoms with Crippen LogP contribution >= 0.6 is 12.6 Å². The third-order valence-corrected chi connectivity index (χ3v) is 1.14. The van der Waals surface area contributed by atoms with Gasteiger partial charge in [-0.25, -0.2) is 0 Å². The van der Waals surface area contributed by atoms with Gasteiger partial charge in [0.2, 0.25) is 5.91 Å². The van der Waals surface area contributed by atoms with Crippen LogP contribution in [0.4, 0.5) is 0 Å². The first-order chi connectivity index (χ1) is 4.31. The topological polar surface area (TPSA) is 29.1 Å². The van der Waals surface area contributed by atoms with E-state index in [4.69, 9.17) is 0 Å². The van der Waals surface area contributed by atoms with Gasteiger partial charge < -0.3 is 5.32 Å². The maximum Gasteiger partial charge on any atom is 0.243 e. The van der Waals surface area contributed by atoms with E-state index in [0.29, 0.717) is 6.54 Å². The van der Waals surface area contributed by atoms with Gasteiger partial charge in [0, 0.05) is 6.54 Å². The molecule has 0 aromatic heterocycles. The summed E-state index contributed by atoms with van der Waals surface area (Å²) in [6.45, 7) is 4.00. The molecule has 0 aliphatic carbocycles. The number of carbonyl (C=O) groups is 1. The molecule has 9 heavy (non-hydrogen) atoms. The summed E-state index contributed by atoms with van der Waals surface area (Å²) >= 11 is 3.98. The highest BCUT2D eigenvalue weighted by Crippen LogP contribution is 1.79. The number of nitrogens with one attached hydrogen (secondary N) is 1. The highest BCUT2D eigenvalue weighted by atomic mass is 32.1. The number of rotatable bonds is 4. The lowest BCUT2D eigenvalue weighted by molar-refractivity contribution is -0.116. The Hall–Kier alpha value is -0.440. The van der Waals surface area contributed by atoms with E-state index >= 15 is 0 Å². The second-order valence-corrected chi connectivity index (χ2v) is 2.02. The van der Waals surface area contributed by atoms with Gasteiger partial charge in [0.15, 0.2) is 0 Å². The Morgan fingerprint density at radius 3 is 2.89 bits per heavy atom. The Morgan fingerprint density at radius 1 is 1.78 bits per heavy atom. The molecule has 0 unspecified atom stereocenters. The Kier molecular flexibility index (Phi) is 5.41. The van der Waals surface area contributed by atoms with Gasteiger partial charge >= 0.3 is 0 Å². The van der Waals surface area contributed by atoms with Crippen molar-refractivity contribution >= 4 is 18.5 Å². The molecule has 0 aliphatic heterocycles. The van der Waals surface area contributed by atoms with Crippen LogP contribution in [0.3, 0.4) is 0 Å². The maximum atomic E-state index is 10.4. The van der Waals surface area contributed by atoms with E-state index in [9.17, 15) is 4.79 Å². The maximum absolute atomic E-state index is 10.4. The summed E-state index contributed by atoms with van der Waals surface area (Å²) in [6.07, 6.45) is 2.17. The van der Waals surface area contributed by atoms with Crippen molar-refractivity contribution in [3.05, 3.63) is 12.7 Å². The van der Waals surface area contributed by atoms with Gasteiger partial charge in [0.1, 0.15) is 0 Å². The number of thiol groups is 1. The molecule has 0 rings (SSSR count). The van der Waals surface area contributed by atoms with E-state index in [1.807, 2.05) is 0 Å². The van der Waals surface area contributed by atoms with Gasteiger partial charge in [-0.2, -0.15) is 12.6 Å². The second kappa shape index (κ2) is 5.69. The summed E-state index contributed by atoms with van der Waals surface area (Å²) in [4.78, 5) is 10.4. The van der Waals surface area contributed by atoms with E-state index < -0.39 is 0 Å². The largest absolute Gasteiger partial charge is 0.353 e. The van der Waals surface area contributed by atoms with Crippen LogP contribution in [0, 0.1) is 0 Å². The zero-order valence-corrected chi connectivity index (χ0v) is 6.16. The Balaban J connectivity index is 3.07. The molecule has 0 heterocycles. The minimum atomic E-state index is -0.114. The van der Waals surface area contributed by atoms with E-state index in [-0.39, 0.29) is 5.91 Å². The van der Waals surface area contributed by atoms with Crippen LogP contribution in [0.2, 0.25) is 0 Å². The first-order valence-corrected chi connectivity index (χ1v) is 3.45. The Labute approximate surface area is 60.7 Å². The van der Waals surface area contributed by atoms with Gasteiger partial charge in [-0.1, -0.05) is 6.58 Å². The molecule has 3 heteroatoms. The zero-order chi connectivity index (χ0) is 7.11. The number of hydrogen-bond acceptors (Lipinski definition) is 2. The van der Waals surface area contributed by atoms with E-state index in [0.717, 1.165) is 12.2 Å². The third-order valence-electron chi connectivity index (χ3n) is 0.820. The Bertz CT molecular complexity index is 103. The smallest absolute Gasteiger partial charge is 0.243 e. The monoisotopic (exact) mass is 145 g/mol. The van der Waals surface area contributed by atoms with Gasteiger partial charge in [0.25, 0.3) is 0 Å². The molecule has 0 aromatic rings. The summed E-state index contributed by atoms with van der Waals surface area (Å²) in [5.74, 6) is 0.689. The van der Waals surface area contributed by atoms with Crippen molar-refractivity contribution in [1.82, 2.24) is 5.32 Å². The van der Waals surface area contributed by atoms with Crippen LogP contribution < -0.4 is 5.32 Å². The molecule has 0 saturated heterocycles. The molecule has 2 nitrogen and oxygen atoms in total. The van der Waals surface area contributed by atoms with Gasteiger partial charge in [-0.15, -0.1) is 0 Å². The van der Waals surface area contributed by atoms with Crippen molar-refractivity contribution in [3.63, 3.8) is 0 Å². The number of amides is 1. The standard InChI is InChI=1S/C6H11NOS/c1-2-6(8)7-4-3-5-9/h2,9H,1,3-5H2,(H,7,8). The van der Waals surface area contributed by atoms with E-state index in [1.165, 1.54) is 6.08 Å². The molecule has 0 fully saturated rings. The molecule has 0 atom stereocenters. The van der Waals surface area contributed by atoms with Crippen molar-refractivity contribution in [1.29, 1.82) is 0 Å². The summed E-state index contributed by atoms with van der Waals surface area (Å²) in [7, 11) is 0. The third kappa shape index (κ3) is 5.43. The molecule has 0 radical (unpaired) electrons. The molecule has 1 amide bonds. The minimum Gasteiger partial charge on any atom is -0.353 e. The summed E-state index contributed by atoms with van der Waals surface area (Å²) in [5.41, 5.74) is 0. The number of hydrogen-bond donors (Lipinski definition) is 2. The fraction of sp³-hybridized carbons (Fsp3) is 0.500. The van der Waals surface area contributed by atoms with Crippen LogP contribution in [-0.4, -0.2) is 18.2 Å². The lowest BCUT2D eigenvalue weighted by Crippen LogP contribution is -2.21. The van der Waals surface area contributed by atoms with Gasteiger partial charge in [-0.05, 0) is 18.2 Å². The van der Waals surface area contributed by atoms with Crippen LogP contribution in [0.25, 0.3) is 0 Å². The predicted molar refractivity (Wildman–Crippen MR) is 41.7 cm³/mol. The average Bonchev–Trinajstić information content (AvgIpc) is 1.89. The van der Waals surface area contributed by atoms with E-state index in [1.54, 1.807) is 0 Å². The lowest BCUT2D eigenvalue weighted by atomic mass is 10.4. The van der Waals surface area contributed by atoms with Crippen molar-refractivity contribution in [3.8, 4) is 0 Å². The molecule has 0 saturated carbocycles. The molecule has 0 spiro atoms. The summed E-state index contributed by atoms with van der Waals surface area (Å²) in [5, 5.41) is 2.63. The van der Waals surface area contributed by atoms with Crippen LogP contribution in [0.15, 0.2) is 12.7 Å². The molecular formula is C6H11NOS. The first-order valence-electron chi connectivity index (χ1n) is 2.82. The van der Waals surface area contributed by atoms with Gasteiger partial charge in [0.05, 0.1) is 0 Å². The summed E-state index contributed by atoms with van der Waals surface area (Å²) in [6, 6.07) is 0. The zero-order valence-electron chi connectivity index (χ0n) is 5.26. The first kappa shape index (κ1) is 8.56. The molecule has 0 aliphatic rings. The second-order valence-electron chi connectivity index (χ2n) is 1.57. The van der Waals surface area contributed by atoms with Crippen molar-refractivity contribution in [2.75, 3.05) is 12.3 Å². The summed E-state index contributed by atoms with van der Waals surface area (Å²) < 4.78 is 0. The predicted octanol–water partition coefficient (Wildman–Crippen LogP) is 0.609. The Morgan fingerprint density at radius 2 is 2.44 bits per heavy atom. The van der Waals surface area contributed by atoms with Crippen LogP contribution in [0.1, 0.15) is 6.42 Å². The lowest BCUT2D eigenvalue weighted by Gasteiger charge is -1.96. The van der Waals surface area contributed by atoms with E-state index in [2.05, 4.69) is 24.5 Å². The van der Waals surface area contributed by atoms with Crippen molar-refractivity contribution in [2.24, 2.45) is 0 Å². The molecule has 52 valence electrons. The quantitative estimate of drug-likeness (QED) is 0.339. The highest BCUT2D eigenvalue weighted by molar-refractivity contribution is 7.80. The van der Waals surface area contributed by atoms with Crippen molar-refractivity contribution < 1.29 is 4.79 Å². The minimum absolute atomic E-state index is 0.114. The number of carbonyl (C=O) groups excluding carboxylic acids is 1. The van der Waals surface area contributed by atoms with Gasteiger partial charge in [-0.3, -0.25) is 4.79 Å².